The quantitative estimate of drug-likeness (QED) is 0.853. The first-order chi connectivity index (χ1) is 13.3. The number of benzene rings is 2. The normalized spacial score (nSPS) is 17.5. The summed E-state index contributed by atoms with van der Waals surface area (Å²) in [7, 11) is 1.38. The molecule has 1 aliphatic rings. The van der Waals surface area contributed by atoms with Gasteiger partial charge in [-0.2, -0.15) is 0 Å². The Morgan fingerprint density at radius 2 is 1.96 bits per heavy atom. The topological polar surface area (TPSA) is 58.6 Å². The maximum atomic E-state index is 14.2. The Labute approximate surface area is 162 Å². The molecule has 0 aromatic heterocycles. The van der Waals surface area contributed by atoms with Crippen LogP contribution in [0.1, 0.15) is 30.5 Å². The molecule has 2 atom stereocenters. The number of nitrogens with one attached hydrogen (secondary N) is 1. The van der Waals surface area contributed by atoms with Crippen molar-refractivity contribution in [2.24, 2.45) is 5.92 Å². The summed E-state index contributed by atoms with van der Waals surface area (Å²) in [5.41, 5.74) is 1.51. The monoisotopic (exact) mass is 388 g/mol. The molecule has 1 N–H and O–H groups in total. The van der Waals surface area contributed by atoms with Crippen molar-refractivity contribution in [1.82, 2.24) is 5.32 Å². The van der Waals surface area contributed by atoms with Crippen molar-refractivity contribution in [2.75, 3.05) is 18.6 Å². The number of methoxy groups -OCH3 is 1. The molecule has 0 saturated carbocycles. The second-order valence-corrected chi connectivity index (χ2v) is 6.98. The van der Waals surface area contributed by atoms with Gasteiger partial charge in [-0.05, 0) is 49.2 Å². The molecule has 5 nitrogen and oxygen atoms in total. The molecule has 0 spiro atoms. The summed E-state index contributed by atoms with van der Waals surface area (Å²) in [6.07, 6.45) is 0.00282. The Bertz CT molecular complexity index is 917. The first-order valence-electron chi connectivity index (χ1n) is 9.00. The van der Waals surface area contributed by atoms with E-state index in [-0.39, 0.29) is 36.2 Å². The van der Waals surface area contributed by atoms with Gasteiger partial charge in [-0.15, -0.1) is 0 Å². The minimum atomic E-state index is -0.598. The Balaban J connectivity index is 1.68. The third kappa shape index (κ3) is 3.98. The van der Waals surface area contributed by atoms with Gasteiger partial charge < -0.3 is 15.0 Å². The van der Waals surface area contributed by atoms with E-state index in [1.165, 1.54) is 30.2 Å². The number of amides is 2. The first-order valence-corrected chi connectivity index (χ1v) is 9.00. The lowest BCUT2D eigenvalue weighted by atomic mass is 10.0. The summed E-state index contributed by atoms with van der Waals surface area (Å²) in [4.78, 5) is 26.2. The fraction of sp³-hybridized carbons (Fsp3) is 0.333. The van der Waals surface area contributed by atoms with Crippen LogP contribution in [0.25, 0.3) is 0 Å². The highest BCUT2D eigenvalue weighted by atomic mass is 19.1. The third-order valence-electron chi connectivity index (χ3n) is 4.92. The van der Waals surface area contributed by atoms with E-state index in [0.29, 0.717) is 5.56 Å². The fourth-order valence-electron chi connectivity index (χ4n) is 3.31. The van der Waals surface area contributed by atoms with E-state index in [4.69, 9.17) is 4.74 Å². The number of carbonyl (C=O) groups is 2. The Morgan fingerprint density at radius 1 is 1.21 bits per heavy atom. The highest BCUT2D eigenvalue weighted by molar-refractivity contribution is 6.00. The third-order valence-corrected chi connectivity index (χ3v) is 4.92. The van der Waals surface area contributed by atoms with E-state index in [2.05, 4.69) is 5.32 Å². The molecule has 0 radical (unpaired) electrons. The number of aryl methyl sites for hydroxylation is 1. The predicted octanol–water partition coefficient (Wildman–Crippen LogP) is 3.51. The van der Waals surface area contributed by atoms with Crippen LogP contribution in [0, 0.1) is 24.5 Å². The van der Waals surface area contributed by atoms with Crippen molar-refractivity contribution in [1.29, 1.82) is 0 Å². The summed E-state index contributed by atoms with van der Waals surface area (Å²) in [5, 5.41) is 2.80. The van der Waals surface area contributed by atoms with Crippen LogP contribution < -0.4 is 15.0 Å². The molecule has 0 aliphatic carbocycles. The largest absolute Gasteiger partial charge is 0.494 e. The maximum Gasteiger partial charge on any atom is 0.227 e. The number of ether oxygens (including phenoxy) is 1. The smallest absolute Gasteiger partial charge is 0.227 e. The molecular weight excluding hydrogens is 366 g/mol. The Hall–Kier alpha value is -2.96. The van der Waals surface area contributed by atoms with Crippen LogP contribution in [0.3, 0.4) is 0 Å². The number of halogens is 2. The fourth-order valence-corrected chi connectivity index (χ4v) is 3.31. The van der Waals surface area contributed by atoms with Gasteiger partial charge in [0.25, 0.3) is 0 Å². The molecular formula is C21H22F2N2O3. The van der Waals surface area contributed by atoms with Gasteiger partial charge in [0.2, 0.25) is 11.8 Å². The lowest BCUT2D eigenvalue weighted by molar-refractivity contribution is -0.126. The molecule has 2 aromatic rings. The minimum absolute atomic E-state index is 0.00282. The average molecular weight is 388 g/mol. The van der Waals surface area contributed by atoms with E-state index in [1.54, 1.807) is 32.0 Å². The Kier molecular flexibility index (Phi) is 5.63. The molecule has 2 amide bonds. The number of hydrogen-bond donors (Lipinski definition) is 1. The number of hydrogen-bond acceptors (Lipinski definition) is 3. The molecule has 7 heteroatoms. The van der Waals surface area contributed by atoms with Gasteiger partial charge >= 0.3 is 0 Å². The molecule has 2 unspecified atom stereocenters. The summed E-state index contributed by atoms with van der Waals surface area (Å²) in [6, 6.07) is 8.64. The number of anilines is 1. The van der Waals surface area contributed by atoms with Crippen LogP contribution in [0.2, 0.25) is 0 Å². The standard InChI is InChI=1S/C21H22F2N2O3/c1-12-4-6-18(16(22)8-12)25-11-15(10-20(25)26)21(27)24-13(2)14-5-7-19(28-3)17(23)9-14/h4-9,13,15H,10-11H2,1-3H3,(H,24,27). The summed E-state index contributed by atoms with van der Waals surface area (Å²) < 4.78 is 33.0. The van der Waals surface area contributed by atoms with Crippen molar-refractivity contribution in [3.8, 4) is 5.75 Å². The molecule has 1 fully saturated rings. The number of rotatable bonds is 5. The zero-order valence-corrected chi connectivity index (χ0v) is 16.0. The molecule has 3 rings (SSSR count). The molecule has 1 heterocycles. The van der Waals surface area contributed by atoms with Crippen LogP contribution in [-0.4, -0.2) is 25.5 Å². The lowest BCUT2D eigenvalue weighted by Crippen LogP contribution is -2.34. The van der Waals surface area contributed by atoms with E-state index in [0.717, 1.165) is 5.56 Å². The number of nitrogens with zero attached hydrogens (tertiary/aromatic N) is 1. The zero-order chi connectivity index (χ0) is 20.4. The van der Waals surface area contributed by atoms with Crippen molar-refractivity contribution in [3.63, 3.8) is 0 Å². The van der Waals surface area contributed by atoms with Gasteiger partial charge in [0.15, 0.2) is 11.6 Å². The maximum absolute atomic E-state index is 14.2. The lowest BCUT2D eigenvalue weighted by Gasteiger charge is -2.19. The highest BCUT2D eigenvalue weighted by Gasteiger charge is 2.36. The van der Waals surface area contributed by atoms with Crippen LogP contribution >= 0.6 is 0 Å². The van der Waals surface area contributed by atoms with Crippen molar-refractivity contribution in [3.05, 3.63) is 59.2 Å². The van der Waals surface area contributed by atoms with Gasteiger partial charge in [-0.3, -0.25) is 9.59 Å². The van der Waals surface area contributed by atoms with Crippen LogP contribution in [0.5, 0.6) is 5.75 Å². The van der Waals surface area contributed by atoms with Crippen molar-refractivity contribution in [2.45, 2.75) is 26.3 Å². The zero-order valence-electron chi connectivity index (χ0n) is 16.0. The molecule has 1 aliphatic heterocycles. The van der Waals surface area contributed by atoms with Gasteiger partial charge in [-0.1, -0.05) is 12.1 Å². The first kappa shape index (κ1) is 19.8. The van der Waals surface area contributed by atoms with Crippen molar-refractivity contribution >= 4 is 17.5 Å². The summed E-state index contributed by atoms with van der Waals surface area (Å²) >= 11 is 0. The van der Waals surface area contributed by atoms with Crippen molar-refractivity contribution < 1.29 is 23.1 Å². The highest BCUT2D eigenvalue weighted by Crippen LogP contribution is 2.29. The minimum Gasteiger partial charge on any atom is -0.494 e. The number of carbonyl (C=O) groups excluding carboxylic acids is 2. The molecule has 2 aromatic carbocycles. The van der Waals surface area contributed by atoms with Gasteiger partial charge in [0, 0.05) is 13.0 Å². The van der Waals surface area contributed by atoms with Gasteiger partial charge in [0.05, 0.1) is 24.8 Å². The summed E-state index contributed by atoms with van der Waals surface area (Å²) in [6.45, 7) is 3.60. The molecule has 148 valence electrons. The van der Waals surface area contributed by atoms with E-state index in [9.17, 15) is 18.4 Å². The Morgan fingerprint density at radius 3 is 2.61 bits per heavy atom. The second-order valence-electron chi connectivity index (χ2n) is 6.98. The second kappa shape index (κ2) is 7.96. The van der Waals surface area contributed by atoms with E-state index >= 15 is 0 Å². The molecule has 1 saturated heterocycles. The van der Waals surface area contributed by atoms with Crippen LogP contribution in [0.15, 0.2) is 36.4 Å². The molecule has 28 heavy (non-hydrogen) atoms. The SMILES string of the molecule is COc1ccc(C(C)NC(=O)C2CC(=O)N(c3ccc(C)cc3F)C2)cc1F. The van der Waals surface area contributed by atoms with E-state index < -0.39 is 23.6 Å². The van der Waals surface area contributed by atoms with Crippen LogP contribution in [0.4, 0.5) is 14.5 Å². The van der Waals surface area contributed by atoms with E-state index in [1.807, 2.05) is 0 Å². The average Bonchev–Trinajstić information content (AvgIpc) is 3.03. The van der Waals surface area contributed by atoms with Gasteiger partial charge in [-0.25, -0.2) is 8.78 Å². The molecule has 0 bridgehead atoms. The van der Waals surface area contributed by atoms with Crippen LogP contribution in [-0.2, 0) is 9.59 Å². The summed E-state index contributed by atoms with van der Waals surface area (Å²) in [5.74, 6) is -2.11. The predicted molar refractivity (Wildman–Crippen MR) is 101 cm³/mol. The van der Waals surface area contributed by atoms with Gasteiger partial charge in [0.1, 0.15) is 5.82 Å².